The lowest BCUT2D eigenvalue weighted by atomic mass is 11.2. The molecule has 3 N–H and O–H groups in total. The summed E-state index contributed by atoms with van der Waals surface area (Å²) in [4.78, 5) is 3.92. The van der Waals surface area contributed by atoms with Crippen molar-refractivity contribution >= 4 is 51.3 Å². The fourth-order valence-corrected chi connectivity index (χ4v) is 2.02. The highest BCUT2D eigenvalue weighted by atomic mass is 127. The Morgan fingerprint density at radius 3 is 2.70 bits per heavy atom. The molecule has 3 nitrogen and oxygen atoms in total. The van der Waals surface area contributed by atoms with Crippen LogP contribution in [0.3, 0.4) is 0 Å². The van der Waals surface area contributed by atoms with Gasteiger partial charge >= 0.3 is 0 Å². The fraction of sp³-hybridized carbons (Fsp3) is 0.750. The lowest BCUT2D eigenvalue weighted by Crippen LogP contribution is -2.28. The maximum Gasteiger partial charge on any atom is 0.172 e. The standard InChI is InChI=1S/C4H10IN3S2/c1-7-4(8-6)10-3(5)9-2/h3H,6H2,1-2H3,(H,7,8). The molecule has 0 aromatic heterocycles. The number of nitrogens with two attached hydrogens (primary N) is 1. The van der Waals surface area contributed by atoms with Gasteiger partial charge in [-0.1, -0.05) is 34.4 Å². The number of nitrogens with one attached hydrogen (secondary N) is 1. The van der Waals surface area contributed by atoms with Crippen LogP contribution in [0.1, 0.15) is 0 Å². The predicted molar refractivity (Wildman–Crippen MR) is 59.6 cm³/mol. The van der Waals surface area contributed by atoms with E-state index in [-0.39, 0.29) is 0 Å². The van der Waals surface area contributed by atoms with Crippen LogP contribution < -0.4 is 11.3 Å². The Morgan fingerprint density at radius 1 is 1.80 bits per heavy atom. The summed E-state index contributed by atoms with van der Waals surface area (Å²) in [5.41, 5.74) is 2.51. The van der Waals surface area contributed by atoms with Crippen molar-refractivity contribution in [1.82, 2.24) is 5.43 Å². The quantitative estimate of drug-likeness (QED) is 0.153. The first-order valence-electron chi connectivity index (χ1n) is 2.51. The van der Waals surface area contributed by atoms with Crippen LogP contribution in [0.4, 0.5) is 0 Å². The zero-order valence-corrected chi connectivity index (χ0v) is 9.59. The van der Waals surface area contributed by atoms with Crippen molar-refractivity contribution in [3.8, 4) is 0 Å². The third-order valence-corrected chi connectivity index (χ3v) is 4.95. The van der Waals surface area contributed by atoms with Crippen molar-refractivity contribution in [1.29, 1.82) is 0 Å². The Kier molecular flexibility index (Phi) is 7.13. The molecule has 6 heteroatoms. The molecule has 0 rings (SSSR count). The van der Waals surface area contributed by atoms with Crippen LogP contribution in [0.15, 0.2) is 4.99 Å². The van der Waals surface area contributed by atoms with Crippen LogP contribution in [0, 0.1) is 0 Å². The van der Waals surface area contributed by atoms with Gasteiger partial charge in [-0.2, -0.15) is 0 Å². The van der Waals surface area contributed by atoms with Gasteiger partial charge in [-0.3, -0.25) is 4.99 Å². The third-order valence-electron chi connectivity index (χ3n) is 0.716. The zero-order chi connectivity index (χ0) is 7.98. The average molecular weight is 291 g/mol. The molecule has 0 saturated heterocycles. The summed E-state index contributed by atoms with van der Waals surface area (Å²) in [6.07, 6.45) is 2.05. The van der Waals surface area contributed by atoms with Crippen LogP contribution in [0.25, 0.3) is 0 Å². The summed E-state index contributed by atoms with van der Waals surface area (Å²) in [5, 5.41) is 0.772. The summed E-state index contributed by atoms with van der Waals surface area (Å²) in [7, 11) is 1.71. The molecule has 0 heterocycles. The largest absolute Gasteiger partial charge is 0.303 e. The van der Waals surface area contributed by atoms with Gasteiger partial charge in [-0.05, 0) is 6.26 Å². The number of nitrogens with zero attached hydrogens (tertiary/aromatic N) is 1. The van der Waals surface area contributed by atoms with Crippen LogP contribution in [-0.4, -0.2) is 21.1 Å². The molecule has 0 aliphatic rings. The lowest BCUT2D eigenvalue weighted by molar-refractivity contribution is 1.04. The molecular formula is C4H10IN3S2. The predicted octanol–water partition coefficient (Wildman–Crippen LogP) is 1.25. The topological polar surface area (TPSA) is 50.4 Å². The summed E-state index contributed by atoms with van der Waals surface area (Å²) < 4.78 is 0.465. The van der Waals surface area contributed by atoms with E-state index in [2.05, 4.69) is 33.0 Å². The lowest BCUT2D eigenvalue weighted by Gasteiger charge is -2.06. The number of thioether (sulfide) groups is 2. The number of rotatable bonds is 2. The smallest absolute Gasteiger partial charge is 0.172 e. The van der Waals surface area contributed by atoms with Crippen LogP contribution in [-0.2, 0) is 0 Å². The molecule has 0 aromatic carbocycles. The summed E-state index contributed by atoms with van der Waals surface area (Å²) in [6.45, 7) is 0. The molecular weight excluding hydrogens is 281 g/mol. The van der Waals surface area contributed by atoms with Crippen molar-refractivity contribution in [3.05, 3.63) is 0 Å². The van der Waals surface area contributed by atoms with Crippen molar-refractivity contribution in [2.24, 2.45) is 10.8 Å². The minimum absolute atomic E-state index is 0.465. The first-order valence-corrected chi connectivity index (χ1v) is 5.92. The summed E-state index contributed by atoms with van der Waals surface area (Å²) >= 11 is 5.68. The van der Waals surface area contributed by atoms with Gasteiger partial charge in [0, 0.05) is 7.05 Å². The second-order valence-corrected chi connectivity index (χ2v) is 6.57. The molecule has 0 aliphatic carbocycles. The van der Waals surface area contributed by atoms with Gasteiger partial charge in [0.15, 0.2) is 5.17 Å². The molecule has 0 bridgehead atoms. The van der Waals surface area contributed by atoms with Gasteiger partial charge in [0.2, 0.25) is 0 Å². The molecule has 0 fully saturated rings. The van der Waals surface area contributed by atoms with E-state index in [9.17, 15) is 0 Å². The van der Waals surface area contributed by atoms with Crippen LogP contribution in [0.2, 0.25) is 0 Å². The number of halogens is 1. The first-order chi connectivity index (χ1) is 4.74. The fourth-order valence-electron chi connectivity index (χ4n) is 0.287. The van der Waals surface area contributed by atoms with E-state index in [1.54, 1.807) is 30.6 Å². The number of hydrogen-bond donors (Lipinski definition) is 2. The van der Waals surface area contributed by atoms with Crippen molar-refractivity contribution < 1.29 is 0 Å². The maximum atomic E-state index is 5.17. The molecule has 0 aromatic rings. The second-order valence-electron chi connectivity index (χ2n) is 1.30. The Balaban J connectivity index is 3.64. The zero-order valence-electron chi connectivity index (χ0n) is 5.80. The highest BCUT2D eigenvalue weighted by Gasteiger charge is 2.04. The Labute approximate surface area is 83.1 Å². The van der Waals surface area contributed by atoms with Crippen molar-refractivity contribution in [2.45, 2.75) is 2.59 Å². The van der Waals surface area contributed by atoms with Gasteiger partial charge in [-0.25, -0.2) is 5.84 Å². The van der Waals surface area contributed by atoms with E-state index in [0.717, 1.165) is 5.17 Å². The van der Waals surface area contributed by atoms with E-state index in [0.29, 0.717) is 2.59 Å². The highest BCUT2D eigenvalue weighted by molar-refractivity contribution is 14.1. The van der Waals surface area contributed by atoms with Crippen LogP contribution in [0.5, 0.6) is 0 Å². The first kappa shape index (κ1) is 10.9. The average Bonchev–Trinajstić information content (AvgIpc) is 1.99. The van der Waals surface area contributed by atoms with Gasteiger partial charge in [0.05, 0.1) is 0 Å². The van der Waals surface area contributed by atoms with E-state index in [4.69, 9.17) is 5.84 Å². The van der Waals surface area contributed by atoms with Gasteiger partial charge in [0.1, 0.15) is 2.59 Å². The van der Waals surface area contributed by atoms with E-state index in [1.165, 1.54) is 0 Å². The maximum absolute atomic E-state index is 5.17. The van der Waals surface area contributed by atoms with Gasteiger partial charge in [-0.15, -0.1) is 11.8 Å². The van der Waals surface area contributed by atoms with E-state index in [1.807, 2.05) is 6.26 Å². The molecule has 0 aliphatic heterocycles. The minimum atomic E-state index is 0.465. The van der Waals surface area contributed by atoms with Gasteiger partial charge < -0.3 is 5.43 Å². The van der Waals surface area contributed by atoms with E-state index >= 15 is 0 Å². The number of aliphatic imine (C=N–C) groups is 1. The SMILES string of the molecule is CN=C(NN)SC(I)SC. The number of hydrazine groups is 1. The van der Waals surface area contributed by atoms with E-state index < -0.39 is 0 Å². The van der Waals surface area contributed by atoms with Gasteiger partial charge in [0.25, 0.3) is 0 Å². The molecule has 0 radical (unpaired) electrons. The molecule has 10 heavy (non-hydrogen) atoms. The number of hydrogen-bond acceptors (Lipinski definition) is 4. The Hall–Kier alpha value is 0.860. The monoisotopic (exact) mass is 291 g/mol. The highest BCUT2D eigenvalue weighted by Crippen LogP contribution is 2.27. The summed E-state index contributed by atoms with van der Waals surface area (Å²) in [5.74, 6) is 5.17. The Bertz CT molecular complexity index is 119. The normalized spacial score (nSPS) is 15.0. The van der Waals surface area contributed by atoms with Crippen molar-refractivity contribution in [2.75, 3.05) is 13.3 Å². The summed E-state index contributed by atoms with van der Waals surface area (Å²) in [6, 6.07) is 0. The minimum Gasteiger partial charge on any atom is -0.303 e. The number of amidine groups is 1. The molecule has 1 atom stereocenters. The number of alkyl halides is 1. The molecule has 0 amide bonds. The second kappa shape index (κ2) is 6.56. The Morgan fingerprint density at radius 2 is 2.40 bits per heavy atom. The molecule has 1 unspecified atom stereocenters. The molecule has 0 spiro atoms. The third kappa shape index (κ3) is 4.64. The van der Waals surface area contributed by atoms with Crippen LogP contribution >= 0.6 is 46.1 Å². The molecule has 60 valence electrons. The molecule has 0 saturated carbocycles. The van der Waals surface area contributed by atoms with Crippen molar-refractivity contribution in [3.63, 3.8) is 0 Å².